The normalized spacial score (nSPS) is 13.9. The smallest absolute Gasteiger partial charge is 0.260 e. The van der Waals surface area contributed by atoms with Crippen molar-refractivity contribution in [2.24, 2.45) is 0 Å². The second kappa shape index (κ2) is 9.67. The molecule has 3 aromatic rings. The largest absolute Gasteiger partial charge is 0.481 e. The number of aromatic nitrogens is 2. The van der Waals surface area contributed by atoms with Crippen LogP contribution in [-0.4, -0.2) is 53.8 Å². The molecule has 10 heteroatoms. The molecule has 1 aliphatic rings. The summed E-state index contributed by atoms with van der Waals surface area (Å²) >= 11 is 11.9. The van der Waals surface area contributed by atoms with Gasteiger partial charge in [0.05, 0.1) is 15.7 Å². The van der Waals surface area contributed by atoms with Crippen molar-refractivity contribution < 1.29 is 18.3 Å². The predicted octanol–water partition coefficient (Wildman–Crippen LogP) is 4.46. The van der Waals surface area contributed by atoms with Crippen LogP contribution < -0.4 is 9.64 Å². The molecule has 0 radical (unpaired) electrons. The van der Waals surface area contributed by atoms with E-state index in [1.165, 1.54) is 12.1 Å². The maximum Gasteiger partial charge on any atom is 0.260 e. The Morgan fingerprint density at radius 3 is 2.16 bits per heavy atom. The van der Waals surface area contributed by atoms with Gasteiger partial charge in [-0.15, -0.1) is 10.2 Å². The molecule has 2 heterocycles. The fourth-order valence-corrected chi connectivity index (χ4v) is 3.92. The first-order valence-electron chi connectivity index (χ1n) is 9.80. The Morgan fingerprint density at radius 2 is 1.56 bits per heavy atom. The Morgan fingerprint density at radius 1 is 0.906 bits per heavy atom. The van der Waals surface area contributed by atoms with Crippen molar-refractivity contribution in [1.29, 1.82) is 0 Å². The van der Waals surface area contributed by atoms with Crippen LogP contribution in [0.25, 0.3) is 11.3 Å². The summed E-state index contributed by atoms with van der Waals surface area (Å²) in [6, 6.07) is 11.9. The van der Waals surface area contributed by atoms with Gasteiger partial charge in [-0.05, 0) is 48.5 Å². The molecule has 166 valence electrons. The fourth-order valence-electron chi connectivity index (χ4n) is 3.35. The van der Waals surface area contributed by atoms with Crippen molar-refractivity contribution in [2.45, 2.75) is 0 Å². The van der Waals surface area contributed by atoms with Crippen LogP contribution >= 0.6 is 23.2 Å². The first-order valence-corrected chi connectivity index (χ1v) is 10.6. The molecule has 32 heavy (non-hydrogen) atoms. The summed E-state index contributed by atoms with van der Waals surface area (Å²) in [5, 5.41) is 8.51. The molecule has 1 saturated heterocycles. The van der Waals surface area contributed by atoms with E-state index < -0.39 is 5.82 Å². The summed E-state index contributed by atoms with van der Waals surface area (Å²) < 4.78 is 31.8. The molecule has 1 aromatic heterocycles. The maximum absolute atomic E-state index is 13.3. The van der Waals surface area contributed by atoms with Crippen molar-refractivity contribution >= 4 is 34.9 Å². The number of halogens is 4. The van der Waals surface area contributed by atoms with E-state index in [9.17, 15) is 13.6 Å². The van der Waals surface area contributed by atoms with E-state index in [0.717, 1.165) is 17.7 Å². The third-order valence-corrected chi connectivity index (χ3v) is 5.61. The van der Waals surface area contributed by atoms with E-state index in [2.05, 4.69) is 10.2 Å². The molecule has 1 amide bonds. The molecule has 1 aliphatic heterocycles. The van der Waals surface area contributed by atoms with Crippen LogP contribution in [0.5, 0.6) is 5.75 Å². The molecule has 0 spiro atoms. The van der Waals surface area contributed by atoms with Gasteiger partial charge in [-0.25, -0.2) is 8.78 Å². The third kappa shape index (κ3) is 5.08. The van der Waals surface area contributed by atoms with Crippen molar-refractivity contribution in [3.8, 4) is 17.0 Å². The second-order valence-electron chi connectivity index (χ2n) is 7.14. The van der Waals surface area contributed by atoms with Gasteiger partial charge < -0.3 is 14.5 Å². The van der Waals surface area contributed by atoms with Crippen LogP contribution in [0.4, 0.5) is 14.6 Å². The predicted molar refractivity (Wildman–Crippen MR) is 118 cm³/mol. The van der Waals surface area contributed by atoms with Crippen molar-refractivity contribution in [1.82, 2.24) is 15.1 Å². The van der Waals surface area contributed by atoms with Crippen molar-refractivity contribution in [3.05, 3.63) is 70.2 Å². The minimum atomic E-state index is -0.580. The van der Waals surface area contributed by atoms with Crippen LogP contribution in [0.15, 0.2) is 48.5 Å². The molecular weight excluding hydrogens is 461 g/mol. The Labute approximate surface area is 193 Å². The lowest BCUT2D eigenvalue weighted by Gasteiger charge is -2.35. The molecule has 0 atom stereocenters. The number of hydrogen-bond acceptors (Lipinski definition) is 5. The van der Waals surface area contributed by atoms with Gasteiger partial charge in [-0.3, -0.25) is 4.79 Å². The Hall–Kier alpha value is -2.97. The molecule has 6 nitrogen and oxygen atoms in total. The minimum Gasteiger partial charge on any atom is -0.481 e. The van der Waals surface area contributed by atoms with Gasteiger partial charge in [0, 0.05) is 31.7 Å². The number of carbonyl (C=O) groups is 1. The number of nitrogens with zero attached hydrogens (tertiary/aromatic N) is 4. The average Bonchev–Trinajstić information content (AvgIpc) is 2.79. The van der Waals surface area contributed by atoms with Crippen LogP contribution in [-0.2, 0) is 4.79 Å². The zero-order valence-electron chi connectivity index (χ0n) is 16.8. The van der Waals surface area contributed by atoms with E-state index in [1.54, 1.807) is 17.0 Å². The molecule has 1 fully saturated rings. The van der Waals surface area contributed by atoms with E-state index >= 15 is 0 Å². The van der Waals surface area contributed by atoms with Gasteiger partial charge >= 0.3 is 0 Å². The van der Waals surface area contributed by atoms with Crippen LogP contribution in [0.1, 0.15) is 0 Å². The van der Waals surface area contributed by atoms with Crippen LogP contribution in [0.3, 0.4) is 0 Å². The van der Waals surface area contributed by atoms with E-state index in [-0.39, 0.29) is 34.1 Å². The summed E-state index contributed by atoms with van der Waals surface area (Å²) in [6.45, 7) is 1.86. The molecule has 0 aliphatic carbocycles. The third-order valence-electron chi connectivity index (χ3n) is 5.05. The second-order valence-corrected chi connectivity index (χ2v) is 7.95. The molecule has 0 bridgehead atoms. The number of benzene rings is 2. The number of carbonyl (C=O) groups excluding carboxylic acids is 1. The monoisotopic (exact) mass is 478 g/mol. The van der Waals surface area contributed by atoms with Gasteiger partial charge in [-0.2, -0.15) is 0 Å². The summed E-state index contributed by atoms with van der Waals surface area (Å²) in [7, 11) is 0. The van der Waals surface area contributed by atoms with E-state index in [4.69, 9.17) is 27.9 Å². The van der Waals surface area contributed by atoms with Gasteiger partial charge in [-0.1, -0.05) is 23.2 Å². The highest BCUT2D eigenvalue weighted by molar-refractivity contribution is 6.37. The number of hydrogen-bond donors (Lipinski definition) is 0. The Balaban J connectivity index is 1.31. The number of ether oxygens (including phenoxy) is 1. The van der Waals surface area contributed by atoms with Crippen molar-refractivity contribution in [2.75, 3.05) is 37.7 Å². The van der Waals surface area contributed by atoms with Crippen LogP contribution in [0.2, 0.25) is 10.0 Å². The SMILES string of the molecule is O=C(COc1c(Cl)cc(F)cc1Cl)N1CCN(c2ccc(-c3ccc(F)cc3)nn2)CC1. The summed E-state index contributed by atoms with van der Waals surface area (Å²) in [4.78, 5) is 16.2. The lowest BCUT2D eigenvalue weighted by molar-refractivity contribution is -0.133. The van der Waals surface area contributed by atoms with Crippen molar-refractivity contribution in [3.63, 3.8) is 0 Å². The topological polar surface area (TPSA) is 58.6 Å². The fraction of sp³-hybridized carbons (Fsp3) is 0.227. The van der Waals surface area contributed by atoms with Crippen LogP contribution in [0, 0.1) is 11.6 Å². The first-order chi connectivity index (χ1) is 15.4. The molecule has 0 unspecified atom stereocenters. The summed E-state index contributed by atoms with van der Waals surface area (Å²) in [5.74, 6) is -0.329. The summed E-state index contributed by atoms with van der Waals surface area (Å²) in [5.41, 5.74) is 1.43. The van der Waals surface area contributed by atoms with Gasteiger partial charge in [0.1, 0.15) is 11.6 Å². The zero-order valence-corrected chi connectivity index (χ0v) is 18.3. The molecule has 4 rings (SSSR count). The number of amides is 1. The molecular formula is C22H18Cl2F2N4O2. The number of anilines is 1. The summed E-state index contributed by atoms with van der Waals surface area (Å²) in [6.07, 6.45) is 0. The standard InChI is InChI=1S/C22H18Cl2F2N4O2/c23-17-11-16(26)12-18(24)22(17)32-13-21(31)30-9-7-29(8-10-30)20-6-5-19(27-28-20)14-1-3-15(25)4-2-14/h1-6,11-12H,7-10,13H2. The Bertz CT molecular complexity index is 1080. The average molecular weight is 479 g/mol. The van der Waals surface area contributed by atoms with Gasteiger partial charge in [0.2, 0.25) is 0 Å². The van der Waals surface area contributed by atoms with E-state index in [1.807, 2.05) is 17.0 Å². The lowest BCUT2D eigenvalue weighted by atomic mass is 10.1. The van der Waals surface area contributed by atoms with Gasteiger partial charge in [0.25, 0.3) is 5.91 Å². The molecule has 0 N–H and O–H groups in total. The highest BCUT2D eigenvalue weighted by Gasteiger charge is 2.23. The minimum absolute atomic E-state index is 0.00952. The number of rotatable bonds is 5. The quantitative estimate of drug-likeness (QED) is 0.541. The highest BCUT2D eigenvalue weighted by atomic mass is 35.5. The van der Waals surface area contributed by atoms with Gasteiger partial charge in [0.15, 0.2) is 18.2 Å². The molecule has 2 aromatic carbocycles. The van der Waals surface area contributed by atoms with E-state index in [0.29, 0.717) is 37.7 Å². The number of piperazine rings is 1. The highest BCUT2D eigenvalue weighted by Crippen LogP contribution is 2.33. The molecule has 0 saturated carbocycles. The Kier molecular flexibility index (Phi) is 6.72. The maximum atomic E-state index is 13.3. The zero-order chi connectivity index (χ0) is 22.7. The first kappa shape index (κ1) is 22.2. The lowest BCUT2D eigenvalue weighted by Crippen LogP contribution is -2.50.